The summed E-state index contributed by atoms with van der Waals surface area (Å²) < 4.78 is 43.8. The van der Waals surface area contributed by atoms with Gasteiger partial charge in [-0.2, -0.15) is 13.2 Å². The van der Waals surface area contributed by atoms with Gasteiger partial charge in [-0.1, -0.05) is 12.1 Å². The second kappa shape index (κ2) is 7.03. The van der Waals surface area contributed by atoms with Gasteiger partial charge in [0, 0.05) is 24.2 Å². The summed E-state index contributed by atoms with van der Waals surface area (Å²) in [5.74, 6) is 0.509. The number of fused-ring (bicyclic) bond motifs is 1. The van der Waals surface area contributed by atoms with Crippen LogP contribution in [0.5, 0.6) is 5.88 Å². The molecule has 1 saturated heterocycles. The first-order valence-electron chi connectivity index (χ1n) is 9.38. The summed E-state index contributed by atoms with van der Waals surface area (Å²) in [5.41, 5.74) is 0.981. The van der Waals surface area contributed by atoms with Gasteiger partial charge < -0.3 is 20.1 Å². The molecule has 1 aromatic carbocycles. The lowest BCUT2D eigenvalue weighted by Gasteiger charge is -2.41. The smallest absolute Gasteiger partial charge is 0.416 e. The van der Waals surface area contributed by atoms with Gasteiger partial charge in [-0.3, -0.25) is 0 Å². The fourth-order valence-corrected chi connectivity index (χ4v) is 4.11. The average Bonchev–Trinajstić information content (AvgIpc) is 3.10. The lowest BCUT2D eigenvalue weighted by atomic mass is 9.78. The first-order chi connectivity index (χ1) is 13.7. The molecule has 2 aromatic heterocycles. The van der Waals surface area contributed by atoms with E-state index in [0.29, 0.717) is 24.3 Å². The highest BCUT2D eigenvalue weighted by molar-refractivity contribution is 5.76. The van der Waals surface area contributed by atoms with Crippen LogP contribution in [0.1, 0.15) is 42.6 Å². The number of rotatable bonds is 3. The SMILES string of the molecule is COc1ccc2[nH]c(C3CC(O)(c4ccc(C(F)(F)F)cc4)CC(C)N3)cc2n1. The van der Waals surface area contributed by atoms with E-state index in [4.69, 9.17) is 4.74 Å². The molecule has 154 valence electrons. The first-order valence-corrected chi connectivity index (χ1v) is 9.38. The van der Waals surface area contributed by atoms with E-state index in [1.807, 2.05) is 19.1 Å². The summed E-state index contributed by atoms with van der Waals surface area (Å²) in [6, 6.07) is 10.1. The fourth-order valence-electron chi connectivity index (χ4n) is 4.11. The zero-order valence-electron chi connectivity index (χ0n) is 16.0. The van der Waals surface area contributed by atoms with Crippen LogP contribution in [0.15, 0.2) is 42.5 Å². The predicted molar refractivity (Wildman–Crippen MR) is 103 cm³/mol. The molecule has 1 fully saturated rings. The maximum absolute atomic E-state index is 12.9. The molecule has 0 spiro atoms. The van der Waals surface area contributed by atoms with Crippen LogP contribution >= 0.6 is 0 Å². The number of hydrogen-bond acceptors (Lipinski definition) is 4. The third-order valence-corrected chi connectivity index (χ3v) is 5.48. The van der Waals surface area contributed by atoms with Crippen molar-refractivity contribution in [3.63, 3.8) is 0 Å². The number of nitrogens with zero attached hydrogens (tertiary/aromatic N) is 1. The van der Waals surface area contributed by atoms with Gasteiger partial charge in [0.1, 0.15) is 0 Å². The van der Waals surface area contributed by atoms with Crippen LogP contribution in [0.4, 0.5) is 13.2 Å². The largest absolute Gasteiger partial charge is 0.481 e. The third-order valence-electron chi connectivity index (χ3n) is 5.48. The van der Waals surface area contributed by atoms with E-state index in [9.17, 15) is 18.3 Å². The molecular weight excluding hydrogens is 383 g/mol. The fraction of sp³-hybridized carbons (Fsp3) is 0.381. The van der Waals surface area contributed by atoms with Crippen LogP contribution in [0.25, 0.3) is 11.0 Å². The number of nitrogens with one attached hydrogen (secondary N) is 2. The molecule has 0 bridgehead atoms. The monoisotopic (exact) mass is 405 g/mol. The number of H-pyrrole nitrogens is 1. The van der Waals surface area contributed by atoms with Crippen molar-refractivity contribution in [2.24, 2.45) is 0 Å². The quantitative estimate of drug-likeness (QED) is 0.608. The van der Waals surface area contributed by atoms with E-state index in [1.165, 1.54) is 12.1 Å². The molecule has 0 saturated carbocycles. The lowest BCUT2D eigenvalue weighted by molar-refractivity contribution is -0.137. The molecule has 0 radical (unpaired) electrons. The van der Waals surface area contributed by atoms with Gasteiger partial charge in [0.2, 0.25) is 5.88 Å². The Morgan fingerprint density at radius 3 is 2.52 bits per heavy atom. The first kappa shape index (κ1) is 19.7. The minimum atomic E-state index is -4.40. The standard InChI is InChI=1S/C21H22F3N3O2/c1-12-10-20(28,13-3-5-14(6-4-13)21(22,23)24)11-18(25-12)17-9-16-15(26-17)7-8-19(27-16)29-2/h3-9,12,18,25-26,28H,10-11H2,1-2H3. The molecule has 3 atom stereocenters. The van der Waals surface area contributed by atoms with E-state index < -0.39 is 17.3 Å². The molecule has 0 aliphatic carbocycles. The Morgan fingerprint density at radius 1 is 1.14 bits per heavy atom. The van der Waals surface area contributed by atoms with Crippen molar-refractivity contribution in [1.29, 1.82) is 0 Å². The molecule has 29 heavy (non-hydrogen) atoms. The Morgan fingerprint density at radius 2 is 1.86 bits per heavy atom. The minimum absolute atomic E-state index is 0.0325. The summed E-state index contributed by atoms with van der Waals surface area (Å²) in [5, 5.41) is 14.8. The van der Waals surface area contributed by atoms with Crippen LogP contribution in [0, 0.1) is 0 Å². The van der Waals surface area contributed by atoms with Crippen LogP contribution < -0.4 is 10.1 Å². The van der Waals surface area contributed by atoms with Crippen molar-refractivity contribution >= 4 is 11.0 Å². The topological polar surface area (TPSA) is 70.2 Å². The van der Waals surface area contributed by atoms with Gasteiger partial charge in [0.15, 0.2) is 0 Å². The number of aromatic amines is 1. The van der Waals surface area contributed by atoms with E-state index in [0.717, 1.165) is 28.9 Å². The molecule has 1 aliphatic heterocycles. The maximum Gasteiger partial charge on any atom is 0.416 e. The van der Waals surface area contributed by atoms with Gasteiger partial charge in [-0.05, 0) is 43.2 Å². The summed E-state index contributed by atoms with van der Waals surface area (Å²) in [6.45, 7) is 1.95. The van der Waals surface area contributed by atoms with Gasteiger partial charge in [-0.15, -0.1) is 0 Å². The van der Waals surface area contributed by atoms with E-state index >= 15 is 0 Å². The van der Waals surface area contributed by atoms with E-state index in [1.54, 1.807) is 13.2 Å². The summed E-state index contributed by atoms with van der Waals surface area (Å²) >= 11 is 0. The van der Waals surface area contributed by atoms with Crippen LogP contribution in [-0.2, 0) is 11.8 Å². The highest BCUT2D eigenvalue weighted by atomic mass is 19.4. The number of methoxy groups -OCH3 is 1. The third kappa shape index (κ3) is 3.82. The Bertz CT molecular complexity index is 1020. The van der Waals surface area contributed by atoms with E-state index in [2.05, 4.69) is 15.3 Å². The number of hydrogen-bond donors (Lipinski definition) is 3. The van der Waals surface area contributed by atoms with Gasteiger partial charge in [0.05, 0.1) is 35.3 Å². The molecule has 1 aliphatic rings. The number of aromatic nitrogens is 2. The van der Waals surface area contributed by atoms with Gasteiger partial charge in [0.25, 0.3) is 0 Å². The molecule has 4 rings (SSSR count). The molecule has 3 N–H and O–H groups in total. The van der Waals surface area contributed by atoms with E-state index in [-0.39, 0.29) is 12.1 Å². The van der Waals surface area contributed by atoms with Crippen molar-refractivity contribution in [1.82, 2.24) is 15.3 Å². The maximum atomic E-state index is 12.9. The highest BCUT2D eigenvalue weighted by Crippen LogP contribution is 2.41. The predicted octanol–water partition coefficient (Wildman–Crippen LogP) is 4.29. The second-order valence-corrected chi connectivity index (χ2v) is 7.65. The van der Waals surface area contributed by atoms with Crippen LogP contribution in [0.3, 0.4) is 0 Å². The van der Waals surface area contributed by atoms with Crippen molar-refractivity contribution in [2.75, 3.05) is 7.11 Å². The Balaban J connectivity index is 1.64. The van der Waals surface area contributed by atoms with Crippen molar-refractivity contribution in [3.05, 3.63) is 59.3 Å². The molecule has 0 amide bonds. The zero-order valence-corrected chi connectivity index (χ0v) is 16.0. The molecule has 3 aromatic rings. The summed E-state index contributed by atoms with van der Waals surface area (Å²) in [7, 11) is 1.55. The Hall–Kier alpha value is -2.58. The second-order valence-electron chi connectivity index (χ2n) is 7.65. The molecular formula is C21H22F3N3O2. The highest BCUT2D eigenvalue weighted by Gasteiger charge is 2.40. The minimum Gasteiger partial charge on any atom is -0.481 e. The molecule has 3 heterocycles. The number of ether oxygens (including phenoxy) is 1. The summed E-state index contributed by atoms with van der Waals surface area (Å²) in [4.78, 5) is 7.72. The number of piperidine rings is 1. The number of aliphatic hydroxyl groups is 1. The molecule has 5 nitrogen and oxygen atoms in total. The van der Waals surface area contributed by atoms with Gasteiger partial charge >= 0.3 is 6.18 Å². The van der Waals surface area contributed by atoms with Gasteiger partial charge in [-0.25, -0.2) is 4.98 Å². The Labute approximate surface area is 165 Å². The number of benzene rings is 1. The number of alkyl halides is 3. The lowest BCUT2D eigenvalue weighted by Crippen LogP contribution is -2.47. The molecule has 3 unspecified atom stereocenters. The average molecular weight is 405 g/mol. The molecule has 8 heteroatoms. The van der Waals surface area contributed by atoms with Crippen molar-refractivity contribution in [2.45, 2.75) is 43.6 Å². The summed E-state index contributed by atoms with van der Waals surface area (Å²) in [6.07, 6.45) is -3.67. The normalized spacial score (nSPS) is 25.3. The van der Waals surface area contributed by atoms with Crippen LogP contribution in [0.2, 0.25) is 0 Å². The van der Waals surface area contributed by atoms with Crippen molar-refractivity contribution < 1.29 is 23.0 Å². The number of halogens is 3. The number of pyridine rings is 1. The van der Waals surface area contributed by atoms with Crippen molar-refractivity contribution in [3.8, 4) is 5.88 Å². The zero-order chi connectivity index (χ0) is 20.8. The van der Waals surface area contributed by atoms with Crippen LogP contribution in [-0.4, -0.2) is 28.2 Å². The Kier molecular flexibility index (Phi) is 4.78.